The van der Waals surface area contributed by atoms with Crippen LogP contribution in [0.2, 0.25) is 5.02 Å². The lowest BCUT2D eigenvalue weighted by molar-refractivity contribution is 1.42. The summed E-state index contributed by atoms with van der Waals surface area (Å²) in [7, 11) is 0. The SMILES string of the molecule is Cc1ccc(Cl)cc1Nc1ccc(N)cc1I. The molecule has 0 saturated heterocycles. The van der Waals surface area contributed by atoms with Crippen molar-refractivity contribution in [2.45, 2.75) is 6.92 Å². The van der Waals surface area contributed by atoms with Gasteiger partial charge in [-0.15, -0.1) is 0 Å². The van der Waals surface area contributed by atoms with Crippen LogP contribution < -0.4 is 11.1 Å². The first-order valence-electron chi connectivity index (χ1n) is 5.14. The summed E-state index contributed by atoms with van der Waals surface area (Å²) < 4.78 is 1.09. The number of anilines is 3. The fourth-order valence-corrected chi connectivity index (χ4v) is 2.35. The third-order valence-electron chi connectivity index (χ3n) is 2.46. The van der Waals surface area contributed by atoms with Crippen LogP contribution in [-0.2, 0) is 0 Å². The molecule has 2 nitrogen and oxygen atoms in total. The van der Waals surface area contributed by atoms with Gasteiger partial charge < -0.3 is 11.1 Å². The maximum Gasteiger partial charge on any atom is 0.0521 e. The Hall–Kier alpha value is -0.940. The molecule has 0 amide bonds. The van der Waals surface area contributed by atoms with Crippen molar-refractivity contribution in [3.8, 4) is 0 Å². The summed E-state index contributed by atoms with van der Waals surface area (Å²) in [5, 5.41) is 4.09. The van der Waals surface area contributed by atoms with E-state index >= 15 is 0 Å². The highest BCUT2D eigenvalue weighted by Crippen LogP contribution is 2.28. The van der Waals surface area contributed by atoms with E-state index in [1.807, 2.05) is 43.3 Å². The quantitative estimate of drug-likeness (QED) is 0.609. The van der Waals surface area contributed by atoms with E-state index in [4.69, 9.17) is 17.3 Å². The lowest BCUT2D eigenvalue weighted by atomic mass is 10.2. The van der Waals surface area contributed by atoms with Gasteiger partial charge in [0, 0.05) is 20.0 Å². The Kier molecular flexibility index (Phi) is 3.79. The van der Waals surface area contributed by atoms with Crippen molar-refractivity contribution in [1.29, 1.82) is 0 Å². The van der Waals surface area contributed by atoms with Crippen molar-refractivity contribution < 1.29 is 0 Å². The Morgan fingerprint density at radius 3 is 2.59 bits per heavy atom. The molecule has 0 radical (unpaired) electrons. The summed E-state index contributed by atoms with van der Waals surface area (Å²) in [6, 6.07) is 11.6. The van der Waals surface area contributed by atoms with E-state index < -0.39 is 0 Å². The van der Waals surface area contributed by atoms with E-state index in [0.29, 0.717) is 0 Å². The van der Waals surface area contributed by atoms with Gasteiger partial charge in [-0.3, -0.25) is 0 Å². The van der Waals surface area contributed by atoms with Gasteiger partial charge in [0.2, 0.25) is 0 Å². The zero-order chi connectivity index (χ0) is 12.4. The highest BCUT2D eigenvalue weighted by molar-refractivity contribution is 14.1. The summed E-state index contributed by atoms with van der Waals surface area (Å²) >= 11 is 8.24. The van der Waals surface area contributed by atoms with Crippen molar-refractivity contribution >= 4 is 51.3 Å². The summed E-state index contributed by atoms with van der Waals surface area (Å²) in [5.41, 5.74) is 9.69. The molecule has 0 unspecified atom stereocenters. The molecule has 0 spiro atoms. The number of nitrogen functional groups attached to an aromatic ring is 1. The summed E-state index contributed by atoms with van der Waals surface area (Å²) in [5.74, 6) is 0. The van der Waals surface area contributed by atoms with Crippen LogP contribution in [-0.4, -0.2) is 0 Å². The molecular weight excluding hydrogens is 347 g/mol. The third-order valence-corrected chi connectivity index (χ3v) is 3.59. The molecule has 0 aliphatic heterocycles. The van der Waals surface area contributed by atoms with Crippen molar-refractivity contribution in [1.82, 2.24) is 0 Å². The van der Waals surface area contributed by atoms with Gasteiger partial charge >= 0.3 is 0 Å². The second kappa shape index (κ2) is 5.14. The van der Waals surface area contributed by atoms with E-state index in [2.05, 4.69) is 27.9 Å². The Labute approximate surface area is 119 Å². The van der Waals surface area contributed by atoms with Gasteiger partial charge in [-0.1, -0.05) is 17.7 Å². The van der Waals surface area contributed by atoms with Gasteiger partial charge in [-0.2, -0.15) is 0 Å². The molecule has 2 aromatic carbocycles. The molecule has 0 fully saturated rings. The fraction of sp³-hybridized carbons (Fsp3) is 0.0769. The number of benzene rings is 2. The minimum Gasteiger partial charge on any atom is -0.399 e. The molecule has 0 saturated carbocycles. The van der Waals surface area contributed by atoms with E-state index in [9.17, 15) is 0 Å². The minimum absolute atomic E-state index is 0.726. The highest BCUT2D eigenvalue weighted by atomic mass is 127. The number of hydrogen-bond donors (Lipinski definition) is 2. The smallest absolute Gasteiger partial charge is 0.0521 e. The van der Waals surface area contributed by atoms with E-state index in [-0.39, 0.29) is 0 Å². The number of aryl methyl sites for hydroxylation is 1. The fourth-order valence-electron chi connectivity index (χ4n) is 1.51. The average molecular weight is 359 g/mol. The predicted molar refractivity (Wildman–Crippen MR) is 83.0 cm³/mol. The first kappa shape index (κ1) is 12.5. The van der Waals surface area contributed by atoms with Crippen LogP contribution in [0.4, 0.5) is 17.1 Å². The van der Waals surface area contributed by atoms with Gasteiger partial charge in [0.25, 0.3) is 0 Å². The van der Waals surface area contributed by atoms with Crippen LogP contribution in [0.5, 0.6) is 0 Å². The minimum atomic E-state index is 0.726. The van der Waals surface area contributed by atoms with Crippen molar-refractivity contribution in [3.05, 3.63) is 50.6 Å². The van der Waals surface area contributed by atoms with E-state index in [0.717, 1.165) is 31.2 Å². The Balaban J connectivity index is 2.34. The molecule has 2 rings (SSSR count). The van der Waals surface area contributed by atoms with Crippen LogP contribution in [0.3, 0.4) is 0 Å². The number of nitrogens with one attached hydrogen (secondary N) is 1. The lowest BCUT2D eigenvalue weighted by Gasteiger charge is -2.12. The van der Waals surface area contributed by atoms with Crippen LogP contribution >= 0.6 is 34.2 Å². The predicted octanol–water partition coefficient (Wildman–Crippen LogP) is 4.58. The van der Waals surface area contributed by atoms with E-state index in [1.54, 1.807) is 0 Å². The molecule has 0 aliphatic carbocycles. The van der Waals surface area contributed by atoms with E-state index in [1.165, 1.54) is 0 Å². The standard InChI is InChI=1S/C13H12ClIN2/c1-8-2-3-9(14)6-13(8)17-12-5-4-10(16)7-11(12)15/h2-7,17H,16H2,1H3. The highest BCUT2D eigenvalue weighted by Gasteiger charge is 2.03. The molecule has 0 heterocycles. The van der Waals surface area contributed by atoms with Crippen LogP contribution in [0.1, 0.15) is 5.56 Å². The number of nitrogens with two attached hydrogens (primary N) is 1. The maximum absolute atomic E-state index is 5.99. The first-order chi connectivity index (χ1) is 8.06. The summed E-state index contributed by atoms with van der Waals surface area (Å²) in [4.78, 5) is 0. The Bertz CT molecular complexity index is 555. The largest absolute Gasteiger partial charge is 0.399 e. The number of rotatable bonds is 2. The average Bonchev–Trinajstić information content (AvgIpc) is 2.27. The lowest BCUT2D eigenvalue weighted by Crippen LogP contribution is -1.96. The molecule has 0 bridgehead atoms. The number of hydrogen-bond acceptors (Lipinski definition) is 2. The number of halogens is 2. The van der Waals surface area contributed by atoms with Gasteiger partial charge in [0.15, 0.2) is 0 Å². The summed E-state index contributed by atoms with van der Waals surface area (Å²) in [6.07, 6.45) is 0. The normalized spacial score (nSPS) is 10.3. The molecule has 3 N–H and O–H groups in total. The molecule has 0 aromatic heterocycles. The maximum atomic E-state index is 5.99. The van der Waals surface area contributed by atoms with Crippen LogP contribution in [0.25, 0.3) is 0 Å². The van der Waals surface area contributed by atoms with Crippen LogP contribution in [0, 0.1) is 10.5 Å². The molecule has 0 atom stereocenters. The first-order valence-corrected chi connectivity index (χ1v) is 6.60. The Morgan fingerprint density at radius 2 is 1.88 bits per heavy atom. The summed E-state index contributed by atoms with van der Waals surface area (Å²) in [6.45, 7) is 2.04. The topological polar surface area (TPSA) is 38.0 Å². The second-order valence-corrected chi connectivity index (χ2v) is 5.42. The molecule has 4 heteroatoms. The molecule has 2 aromatic rings. The molecular formula is C13H12ClIN2. The zero-order valence-electron chi connectivity index (χ0n) is 9.30. The van der Waals surface area contributed by atoms with Gasteiger partial charge in [0.05, 0.1) is 5.69 Å². The zero-order valence-corrected chi connectivity index (χ0v) is 12.2. The Morgan fingerprint density at radius 1 is 1.12 bits per heavy atom. The van der Waals surface area contributed by atoms with Crippen molar-refractivity contribution in [2.75, 3.05) is 11.1 Å². The van der Waals surface area contributed by atoms with Crippen molar-refractivity contribution in [2.24, 2.45) is 0 Å². The molecule has 17 heavy (non-hydrogen) atoms. The van der Waals surface area contributed by atoms with Crippen LogP contribution in [0.15, 0.2) is 36.4 Å². The van der Waals surface area contributed by atoms with Gasteiger partial charge in [0.1, 0.15) is 0 Å². The second-order valence-electron chi connectivity index (χ2n) is 3.82. The third kappa shape index (κ3) is 3.04. The molecule has 0 aliphatic rings. The van der Waals surface area contributed by atoms with Gasteiger partial charge in [-0.05, 0) is 65.4 Å². The van der Waals surface area contributed by atoms with Crippen molar-refractivity contribution in [3.63, 3.8) is 0 Å². The van der Waals surface area contributed by atoms with Gasteiger partial charge in [-0.25, -0.2) is 0 Å². The molecule has 88 valence electrons. The monoisotopic (exact) mass is 358 g/mol.